The van der Waals surface area contributed by atoms with E-state index in [-0.39, 0.29) is 6.61 Å². The van der Waals surface area contributed by atoms with Crippen molar-refractivity contribution in [2.75, 3.05) is 0 Å². The molecule has 0 aliphatic carbocycles. The Kier molecular flexibility index (Phi) is 7.18. The maximum absolute atomic E-state index is 13.8. The average molecular weight is 535 g/mol. The molecule has 2 amide bonds. The van der Waals surface area contributed by atoms with Gasteiger partial charge in [0.2, 0.25) is 0 Å². The van der Waals surface area contributed by atoms with Crippen LogP contribution in [-0.4, -0.2) is 39.3 Å². The van der Waals surface area contributed by atoms with Crippen molar-refractivity contribution in [2.24, 2.45) is 0 Å². The minimum Gasteiger partial charge on any atom is -0.440 e. The van der Waals surface area contributed by atoms with E-state index in [1.54, 1.807) is 17.9 Å². The van der Waals surface area contributed by atoms with Gasteiger partial charge in [-0.1, -0.05) is 83.3 Å². The number of aliphatic hydroxyl groups excluding tert-OH is 1. The quantitative estimate of drug-likeness (QED) is 0.518. The number of amides is 2. The number of halogens is 1. The maximum Gasteiger partial charge on any atom is 0.417 e. The molecule has 1 aliphatic rings. The summed E-state index contributed by atoms with van der Waals surface area (Å²) in [5, 5.41) is 10.8. The van der Waals surface area contributed by atoms with E-state index in [2.05, 4.69) is 0 Å². The number of nitrogens with zero attached hydrogens (tertiary/aromatic N) is 1. The van der Waals surface area contributed by atoms with Crippen LogP contribution in [-0.2, 0) is 20.9 Å². The van der Waals surface area contributed by atoms with Gasteiger partial charge < -0.3 is 14.6 Å². The van der Waals surface area contributed by atoms with Gasteiger partial charge in [-0.3, -0.25) is 4.79 Å². The largest absolute Gasteiger partial charge is 0.440 e. The molecule has 1 heterocycles. The van der Waals surface area contributed by atoms with Crippen molar-refractivity contribution in [3.8, 4) is 0 Å². The standard InChI is InChI=1S/C24H26INO5/c1-23(2)20(18-12-8-5-9-13-18)26(22(29)31-23)21(28)24(3,19(27)14-15-25)30-16-17-10-6-4-7-11-17/h4-15,19-20,27H,16H2,1-3H3/b15-14+/t19-,20-,24-/m1/s1. The second-order valence-corrected chi connectivity index (χ2v) is 8.82. The summed E-state index contributed by atoms with van der Waals surface area (Å²) < 4.78 is 13.2. The lowest BCUT2D eigenvalue weighted by Crippen LogP contribution is -2.56. The van der Waals surface area contributed by atoms with Crippen LogP contribution in [0.1, 0.15) is 37.9 Å². The zero-order valence-corrected chi connectivity index (χ0v) is 19.9. The fourth-order valence-corrected chi connectivity index (χ4v) is 4.10. The molecule has 2 aromatic rings. The molecule has 0 aromatic heterocycles. The third-order valence-corrected chi connectivity index (χ3v) is 5.84. The second kappa shape index (κ2) is 9.50. The number of benzene rings is 2. The van der Waals surface area contributed by atoms with Crippen LogP contribution < -0.4 is 0 Å². The molecular formula is C24H26INO5. The Labute approximate surface area is 196 Å². The second-order valence-electron chi connectivity index (χ2n) is 8.10. The fraction of sp³-hybridized carbons (Fsp3) is 0.333. The Morgan fingerprint density at radius 2 is 1.81 bits per heavy atom. The molecule has 0 spiro atoms. The maximum atomic E-state index is 13.8. The van der Waals surface area contributed by atoms with E-state index >= 15 is 0 Å². The highest BCUT2D eigenvalue weighted by Crippen LogP contribution is 2.43. The van der Waals surface area contributed by atoms with Crippen LogP contribution in [0.2, 0.25) is 0 Å². The Bertz CT molecular complexity index is 947. The zero-order valence-electron chi connectivity index (χ0n) is 17.7. The lowest BCUT2D eigenvalue weighted by Gasteiger charge is -2.36. The van der Waals surface area contributed by atoms with Gasteiger partial charge in [-0.2, -0.15) is 0 Å². The number of hydrogen-bond acceptors (Lipinski definition) is 5. The number of imide groups is 1. The van der Waals surface area contributed by atoms with Crippen LogP contribution in [0.3, 0.4) is 0 Å². The molecular weight excluding hydrogens is 509 g/mol. The van der Waals surface area contributed by atoms with E-state index in [0.29, 0.717) is 0 Å². The van der Waals surface area contributed by atoms with Crippen LogP contribution in [0.25, 0.3) is 0 Å². The first-order valence-electron chi connectivity index (χ1n) is 9.95. The molecule has 31 heavy (non-hydrogen) atoms. The molecule has 1 saturated heterocycles. The van der Waals surface area contributed by atoms with Gasteiger partial charge >= 0.3 is 6.09 Å². The molecule has 3 rings (SSSR count). The van der Waals surface area contributed by atoms with Gasteiger partial charge in [-0.05, 0) is 42.1 Å². The molecule has 0 bridgehead atoms. The number of cyclic esters (lactones) is 1. The monoisotopic (exact) mass is 535 g/mol. The van der Waals surface area contributed by atoms with E-state index in [4.69, 9.17) is 9.47 Å². The van der Waals surface area contributed by atoms with Crippen molar-refractivity contribution in [3.63, 3.8) is 0 Å². The lowest BCUT2D eigenvalue weighted by molar-refractivity contribution is -0.169. The summed E-state index contributed by atoms with van der Waals surface area (Å²) >= 11 is 1.96. The topological polar surface area (TPSA) is 76.1 Å². The minimum atomic E-state index is -1.70. The molecule has 7 heteroatoms. The normalized spacial score (nSPS) is 21.0. The SMILES string of the molecule is CC1(C)OC(=O)N(C(=O)[C@](C)(OCc2ccccc2)[C@H](O)/C=C/I)[C@@H]1c1ccccc1. The zero-order chi connectivity index (χ0) is 22.6. The van der Waals surface area contributed by atoms with E-state index in [1.807, 2.05) is 83.3 Å². The first-order valence-corrected chi connectivity index (χ1v) is 11.2. The third-order valence-electron chi connectivity index (χ3n) is 5.42. The van der Waals surface area contributed by atoms with Crippen LogP contribution in [0, 0.1) is 0 Å². The van der Waals surface area contributed by atoms with Crippen LogP contribution in [0.15, 0.2) is 70.8 Å². The summed E-state index contributed by atoms with van der Waals surface area (Å²) in [6.07, 6.45) is -0.564. The molecule has 0 unspecified atom stereocenters. The van der Waals surface area contributed by atoms with Gasteiger partial charge in [0.15, 0.2) is 5.60 Å². The first-order chi connectivity index (χ1) is 14.7. The first kappa shape index (κ1) is 23.4. The van der Waals surface area contributed by atoms with E-state index in [0.717, 1.165) is 16.0 Å². The minimum absolute atomic E-state index is 0.0948. The van der Waals surface area contributed by atoms with Gasteiger partial charge in [0.25, 0.3) is 5.91 Å². The fourth-order valence-electron chi connectivity index (χ4n) is 3.71. The number of ether oxygens (including phenoxy) is 2. The Hall–Kier alpha value is -2.23. The average Bonchev–Trinajstić information content (AvgIpc) is 3.00. The summed E-state index contributed by atoms with van der Waals surface area (Å²) in [6.45, 7) is 5.12. The van der Waals surface area contributed by atoms with Gasteiger partial charge in [0.05, 0.1) is 6.61 Å². The summed E-state index contributed by atoms with van der Waals surface area (Å²) in [4.78, 5) is 27.7. The lowest BCUT2D eigenvalue weighted by atomic mass is 9.89. The van der Waals surface area contributed by atoms with Crippen molar-refractivity contribution in [1.29, 1.82) is 0 Å². The molecule has 1 aliphatic heterocycles. The Morgan fingerprint density at radius 1 is 1.23 bits per heavy atom. The van der Waals surface area contributed by atoms with Crippen LogP contribution >= 0.6 is 22.6 Å². The third kappa shape index (κ3) is 4.83. The van der Waals surface area contributed by atoms with Crippen LogP contribution in [0.5, 0.6) is 0 Å². The van der Waals surface area contributed by atoms with Gasteiger partial charge in [0, 0.05) is 0 Å². The number of rotatable bonds is 7. The highest BCUT2D eigenvalue weighted by Gasteiger charge is 2.56. The van der Waals surface area contributed by atoms with Crippen molar-refractivity contribution in [2.45, 2.75) is 50.7 Å². The number of carbonyl (C=O) groups excluding carboxylic acids is 2. The molecule has 1 N–H and O–H groups in total. The summed E-state index contributed by atoms with van der Waals surface area (Å²) in [5.41, 5.74) is -1.05. The van der Waals surface area contributed by atoms with E-state index in [1.165, 1.54) is 13.0 Å². The Balaban J connectivity index is 1.99. The van der Waals surface area contributed by atoms with Gasteiger partial charge in [0.1, 0.15) is 17.7 Å². The van der Waals surface area contributed by atoms with Crippen molar-refractivity contribution < 1.29 is 24.2 Å². The highest BCUT2D eigenvalue weighted by atomic mass is 127. The van der Waals surface area contributed by atoms with E-state index in [9.17, 15) is 14.7 Å². The molecule has 0 radical (unpaired) electrons. The molecule has 2 aromatic carbocycles. The summed E-state index contributed by atoms with van der Waals surface area (Å²) in [6, 6.07) is 17.9. The van der Waals surface area contributed by atoms with Gasteiger partial charge in [-0.25, -0.2) is 9.69 Å². The molecule has 164 valence electrons. The summed E-state index contributed by atoms with van der Waals surface area (Å²) in [7, 11) is 0. The Morgan fingerprint density at radius 3 is 2.39 bits per heavy atom. The van der Waals surface area contributed by atoms with Crippen molar-refractivity contribution in [1.82, 2.24) is 4.90 Å². The highest BCUT2D eigenvalue weighted by molar-refractivity contribution is 14.1. The smallest absolute Gasteiger partial charge is 0.417 e. The predicted octanol–water partition coefficient (Wildman–Crippen LogP) is 4.77. The molecule has 6 nitrogen and oxygen atoms in total. The number of aliphatic hydroxyl groups is 1. The van der Waals surface area contributed by atoms with E-state index < -0.39 is 35.3 Å². The van der Waals surface area contributed by atoms with Crippen molar-refractivity contribution >= 4 is 34.6 Å². The van der Waals surface area contributed by atoms with Gasteiger partial charge in [-0.15, -0.1) is 0 Å². The molecule has 0 saturated carbocycles. The van der Waals surface area contributed by atoms with Crippen LogP contribution in [0.4, 0.5) is 4.79 Å². The summed E-state index contributed by atoms with van der Waals surface area (Å²) in [5.74, 6) is -0.658. The predicted molar refractivity (Wildman–Crippen MR) is 125 cm³/mol. The molecule has 1 fully saturated rings. The van der Waals surface area contributed by atoms with Crippen molar-refractivity contribution in [3.05, 3.63) is 81.9 Å². The number of carbonyl (C=O) groups is 2. The number of hydrogen-bond donors (Lipinski definition) is 1. The molecule has 3 atom stereocenters.